The highest BCUT2D eigenvalue weighted by Crippen LogP contribution is 2.46. The Morgan fingerprint density at radius 2 is 1.42 bits per heavy atom. The fraction of sp³-hybridized carbons (Fsp3) is 0.417. The van der Waals surface area contributed by atoms with E-state index in [1.54, 1.807) is 64.4 Å². The number of halogens is 1. The number of nitrogens with one attached hydrogen (secondary N) is 5. The molecule has 4 aromatic carbocycles. The van der Waals surface area contributed by atoms with Crippen molar-refractivity contribution in [2.24, 2.45) is 11.8 Å². The van der Waals surface area contributed by atoms with Crippen molar-refractivity contribution in [2.45, 2.75) is 90.3 Å². The molecule has 1 aromatic heterocycles. The van der Waals surface area contributed by atoms with Crippen LogP contribution in [0.15, 0.2) is 91.0 Å². The van der Waals surface area contributed by atoms with Gasteiger partial charge in [-0.15, -0.1) is 11.6 Å². The highest BCUT2D eigenvalue weighted by Gasteiger charge is 2.39. The molecule has 5 N–H and O–H groups in total. The van der Waals surface area contributed by atoms with E-state index in [1.165, 1.54) is 17.1 Å². The number of anilines is 3. The first-order valence-corrected chi connectivity index (χ1v) is 28.3. The standard InChI is InChI=1S/C60H69ClN10O10/c1-35(2)28-45(65-57(77)46(29-36(3)4)66-58(78)48-12-8-22-69(48)51(72)13-9-23-70-52(73)20-21-53(70)74)56(76)62-40-16-14-37(15-17-40)55(75)63-41-18-19-44-38(30-41)31-47(64-44)59(79)71-34-39(33-61)54-43-11-7-6-10-42(43)50(32-49(54)71)81-60(80)68-26-24-67(5)25-27-68/h6-7,10-11,14-21,30-32,35-36,39,45-46,48,64H,8-9,12-13,22-29,33-34H2,1-5H3,(H,62,76)(H,63,75)(H,65,77)(H,66,78)/t39-,45+,46?,48+/m1/s1. The van der Waals surface area contributed by atoms with Crippen LogP contribution in [0.25, 0.3) is 21.7 Å². The Bertz CT molecular complexity index is 3280. The van der Waals surface area contributed by atoms with Gasteiger partial charge in [0.15, 0.2) is 0 Å². The predicted molar refractivity (Wildman–Crippen MR) is 308 cm³/mol. The molecule has 81 heavy (non-hydrogen) atoms. The van der Waals surface area contributed by atoms with E-state index < -0.39 is 59.7 Å². The van der Waals surface area contributed by atoms with Gasteiger partial charge in [0.1, 0.15) is 29.6 Å². The summed E-state index contributed by atoms with van der Waals surface area (Å²) in [6.45, 7) is 11.0. The molecule has 0 aliphatic carbocycles. The number of amides is 9. The zero-order valence-electron chi connectivity index (χ0n) is 46.2. The predicted octanol–water partition coefficient (Wildman–Crippen LogP) is 7.00. The Balaban J connectivity index is 0.813. The average Bonchev–Trinajstić information content (AvgIpc) is 3.64. The molecule has 0 radical (unpaired) electrons. The molecule has 20 nitrogen and oxygen atoms in total. The van der Waals surface area contributed by atoms with E-state index >= 15 is 0 Å². The molecular weight excluding hydrogens is 1060 g/mol. The second-order valence-corrected chi connectivity index (χ2v) is 22.5. The molecule has 9 amide bonds. The van der Waals surface area contributed by atoms with Crippen LogP contribution in [0.2, 0.25) is 0 Å². The first-order chi connectivity index (χ1) is 38.8. The molecule has 4 aliphatic rings. The molecule has 4 aliphatic heterocycles. The zero-order chi connectivity index (χ0) is 57.6. The number of fused-ring (bicyclic) bond motifs is 4. The summed E-state index contributed by atoms with van der Waals surface area (Å²) < 4.78 is 6.06. The number of carbonyl (C=O) groups excluding carboxylic acids is 9. The van der Waals surface area contributed by atoms with Gasteiger partial charge < -0.3 is 50.6 Å². The van der Waals surface area contributed by atoms with Crippen molar-refractivity contribution in [2.75, 3.05) is 74.3 Å². The highest BCUT2D eigenvalue weighted by molar-refractivity contribution is 6.19. The quantitative estimate of drug-likeness (QED) is 0.0417. The second-order valence-electron chi connectivity index (χ2n) is 22.2. The number of likely N-dealkylation sites (tertiary alicyclic amines) is 1. The number of likely N-dealkylation sites (N-methyl/N-ethyl adjacent to an activating group) is 1. The maximum absolute atomic E-state index is 14.5. The number of piperazine rings is 1. The summed E-state index contributed by atoms with van der Waals surface area (Å²) >= 11 is 6.57. The van der Waals surface area contributed by atoms with Crippen molar-refractivity contribution in [1.29, 1.82) is 0 Å². The van der Waals surface area contributed by atoms with Crippen molar-refractivity contribution in [3.05, 3.63) is 108 Å². The third-order valence-electron chi connectivity index (χ3n) is 15.3. The summed E-state index contributed by atoms with van der Waals surface area (Å²) in [6.07, 6.45) is 3.76. The number of aromatic nitrogens is 1. The Morgan fingerprint density at radius 3 is 2.10 bits per heavy atom. The number of alkyl halides is 1. The highest BCUT2D eigenvalue weighted by atomic mass is 35.5. The molecule has 426 valence electrons. The lowest BCUT2D eigenvalue weighted by Crippen LogP contribution is -2.56. The molecule has 0 spiro atoms. The largest absolute Gasteiger partial charge is 0.415 e. The third kappa shape index (κ3) is 13.2. The normalized spacial score (nSPS) is 18.0. The molecule has 9 rings (SSSR count). The van der Waals surface area contributed by atoms with Crippen molar-refractivity contribution in [3.63, 3.8) is 0 Å². The summed E-state index contributed by atoms with van der Waals surface area (Å²) in [5.74, 6) is -2.95. The Kier molecular flexibility index (Phi) is 17.9. The van der Waals surface area contributed by atoms with Crippen LogP contribution in [0.3, 0.4) is 0 Å². The topological polar surface area (TPSA) is 243 Å². The van der Waals surface area contributed by atoms with E-state index in [4.69, 9.17) is 16.3 Å². The van der Waals surface area contributed by atoms with E-state index in [0.29, 0.717) is 84.0 Å². The molecule has 5 heterocycles. The van der Waals surface area contributed by atoms with E-state index in [2.05, 4.69) is 31.2 Å². The van der Waals surface area contributed by atoms with Crippen molar-refractivity contribution >= 4 is 104 Å². The fourth-order valence-electron chi connectivity index (χ4n) is 11.0. The van der Waals surface area contributed by atoms with E-state index in [9.17, 15) is 43.2 Å². The zero-order valence-corrected chi connectivity index (χ0v) is 47.0. The smallest absolute Gasteiger partial charge is 0.409 e. The van der Waals surface area contributed by atoms with Crippen LogP contribution in [-0.4, -0.2) is 155 Å². The van der Waals surface area contributed by atoms with Gasteiger partial charge in [0.05, 0.1) is 5.69 Å². The van der Waals surface area contributed by atoms with Crippen LogP contribution in [0.5, 0.6) is 5.75 Å². The van der Waals surface area contributed by atoms with E-state index in [0.717, 1.165) is 34.3 Å². The first-order valence-electron chi connectivity index (χ1n) is 27.7. The number of imide groups is 1. The minimum absolute atomic E-state index is 0.00760. The molecule has 21 heteroatoms. The molecule has 2 fully saturated rings. The lowest BCUT2D eigenvalue weighted by Gasteiger charge is -2.31. The summed E-state index contributed by atoms with van der Waals surface area (Å²) in [5.41, 5.74) is 3.67. The number of rotatable bonds is 19. The number of hydrogen-bond donors (Lipinski definition) is 5. The minimum Gasteiger partial charge on any atom is -0.409 e. The van der Waals surface area contributed by atoms with Crippen LogP contribution in [-0.2, 0) is 28.8 Å². The van der Waals surface area contributed by atoms with Gasteiger partial charge in [0.2, 0.25) is 23.6 Å². The number of H-pyrrole nitrogens is 1. The summed E-state index contributed by atoms with van der Waals surface area (Å²) in [6, 6.07) is 19.9. The van der Waals surface area contributed by atoms with Crippen LogP contribution in [0.1, 0.15) is 98.5 Å². The van der Waals surface area contributed by atoms with Gasteiger partial charge in [-0.25, -0.2) is 4.79 Å². The molecule has 2 saturated heterocycles. The maximum atomic E-state index is 14.5. The SMILES string of the molecule is CC(C)CC(NC(=O)[C@@H]1CCCN1C(=O)CCCN1C(=O)C=CC1=O)C(=O)N[C@@H](CC(C)C)C(=O)Nc1ccc(C(=O)Nc2ccc3[nH]c(C(=O)N4C[C@@H](CCl)c5c4cc(OC(=O)N4CCN(C)CC4)c4ccccc54)cc3c2)cc1. The molecular formula is C60H69ClN10O10. The Hall–Kier alpha value is -8.10. The van der Waals surface area contributed by atoms with Gasteiger partial charge in [-0.1, -0.05) is 52.0 Å². The minimum atomic E-state index is -1.00. The molecule has 1 unspecified atom stereocenters. The van der Waals surface area contributed by atoms with Crippen LogP contribution >= 0.6 is 11.6 Å². The van der Waals surface area contributed by atoms with E-state index in [-0.39, 0.29) is 67.7 Å². The summed E-state index contributed by atoms with van der Waals surface area (Å²) in [4.78, 5) is 132. The lowest BCUT2D eigenvalue weighted by molar-refractivity contribution is -0.140. The monoisotopic (exact) mass is 1120 g/mol. The second kappa shape index (κ2) is 25.1. The van der Waals surface area contributed by atoms with Crippen LogP contribution < -0.4 is 30.9 Å². The van der Waals surface area contributed by atoms with Crippen LogP contribution in [0.4, 0.5) is 21.9 Å². The molecule has 5 aromatic rings. The number of ether oxygens (including phenoxy) is 1. The Morgan fingerprint density at radius 1 is 0.753 bits per heavy atom. The van der Waals surface area contributed by atoms with Gasteiger partial charge in [-0.3, -0.25) is 43.3 Å². The maximum Gasteiger partial charge on any atom is 0.415 e. The molecule has 0 saturated carbocycles. The fourth-order valence-corrected chi connectivity index (χ4v) is 11.3. The van der Waals surface area contributed by atoms with Gasteiger partial charge in [0.25, 0.3) is 23.6 Å². The van der Waals surface area contributed by atoms with Crippen LogP contribution in [0, 0.1) is 11.8 Å². The van der Waals surface area contributed by atoms with Gasteiger partial charge in [-0.2, -0.15) is 0 Å². The molecule has 4 atom stereocenters. The number of hydrogen-bond acceptors (Lipinski definition) is 11. The van der Waals surface area contributed by atoms with Crippen molar-refractivity contribution in [3.8, 4) is 5.75 Å². The third-order valence-corrected chi connectivity index (χ3v) is 15.6. The average molecular weight is 1130 g/mol. The number of aromatic amines is 1. The Labute approximate surface area is 474 Å². The van der Waals surface area contributed by atoms with E-state index in [1.807, 2.05) is 59.0 Å². The van der Waals surface area contributed by atoms with Gasteiger partial charge >= 0.3 is 6.09 Å². The molecule has 0 bridgehead atoms. The van der Waals surface area contributed by atoms with Gasteiger partial charge in [-0.05, 0) is 110 Å². The lowest BCUT2D eigenvalue weighted by atomic mass is 9.95. The number of nitrogens with zero attached hydrogens (tertiary/aromatic N) is 5. The number of carbonyl (C=O) groups is 9. The summed E-state index contributed by atoms with van der Waals surface area (Å²) in [5, 5.41) is 13.8. The van der Waals surface area contributed by atoms with Crippen molar-refractivity contribution in [1.82, 2.24) is 35.2 Å². The van der Waals surface area contributed by atoms with Crippen molar-refractivity contribution < 1.29 is 47.9 Å². The first kappa shape index (κ1) is 57.6. The van der Waals surface area contributed by atoms with Gasteiger partial charge in [0, 0.05) is 115 Å². The summed E-state index contributed by atoms with van der Waals surface area (Å²) in [7, 11) is 2.01. The number of benzene rings is 4.